The lowest BCUT2D eigenvalue weighted by Gasteiger charge is -2.01. The summed E-state index contributed by atoms with van der Waals surface area (Å²) >= 11 is 3.00. The summed E-state index contributed by atoms with van der Waals surface area (Å²) in [4.78, 5) is 10.0. The number of rotatable bonds is 6. The van der Waals surface area contributed by atoms with E-state index in [4.69, 9.17) is 5.11 Å². The molecular formula is C7H12BrFO2. The fourth-order valence-electron chi connectivity index (χ4n) is 0.719. The fraction of sp³-hybridized carbons (Fsp3) is 0.857. The lowest BCUT2D eigenvalue weighted by atomic mass is 10.1. The van der Waals surface area contributed by atoms with Gasteiger partial charge in [-0.25, -0.2) is 4.39 Å². The molecule has 1 N–H and O–H groups in total. The quantitative estimate of drug-likeness (QED) is 0.558. The van der Waals surface area contributed by atoms with Gasteiger partial charge in [-0.05, 0) is 19.3 Å². The van der Waals surface area contributed by atoms with Gasteiger partial charge in [-0.2, -0.15) is 0 Å². The molecule has 0 fully saturated rings. The minimum atomic E-state index is -0.830. The summed E-state index contributed by atoms with van der Waals surface area (Å²) in [5.74, 6) is -0.806. The summed E-state index contributed by atoms with van der Waals surface area (Å²) in [5.41, 5.74) is 0. The summed E-state index contributed by atoms with van der Waals surface area (Å²) < 4.78 is 12.5. The van der Waals surface area contributed by atoms with E-state index in [2.05, 4.69) is 15.9 Å². The predicted molar refractivity (Wildman–Crippen MR) is 44.8 cm³/mol. The molecular weight excluding hydrogens is 215 g/mol. The SMILES string of the molecule is O=C(O)CCCC[C@H](F)CBr. The molecule has 0 rings (SSSR count). The van der Waals surface area contributed by atoms with Crippen molar-refractivity contribution in [2.24, 2.45) is 0 Å². The number of aliphatic carboxylic acids is 1. The number of alkyl halides is 2. The van der Waals surface area contributed by atoms with Crippen molar-refractivity contribution >= 4 is 21.9 Å². The second kappa shape index (κ2) is 6.58. The number of carbonyl (C=O) groups is 1. The maximum atomic E-state index is 12.5. The average Bonchev–Trinajstić information content (AvgIpc) is 1.97. The Morgan fingerprint density at radius 1 is 1.55 bits per heavy atom. The Hall–Kier alpha value is -0.120. The lowest BCUT2D eigenvalue weighted by molar-refractivity contribution is -0.137. The molecule has 0 amide bonds. The van der Waals surface area contributed by atoms with E-state index in [1.54, 1.807) is 0 Å². The van der Waals surface area contributed by atoms with Crippen LogP contribution in [0.2, 0.25) is 0 Å². The number of carboxylic acids is 1. The molecule has 0 heterocycles. The van der Waals surface area contributed by atoms with E-state index in [1.165, 1.54) is 0 Å². The Kier molecular flexibility index (Phi) is 6.51. The molecule has 0 aromatic carbocycles. The standard InChI is InChI=1S/C7H12BrFO2/c8-5-6(9)3-1-2-4-7(10)11/h6H,1-5H2,(H,10,11)/t6-/m0/s1. The topological polar surface area (TPSA) is 37.3 Å². The average molecular weight is 227 g/mol. The second-order valence-corrected chi connectivity index (χ2v) is 3.04. The Balaban J connectivity index is 3.08. The molecule has 0 unspecified atom stereocenters. The molecule has 0 saturated carbocycles. The molecule has 0 saturated heterocycles. The molecule has 0 aliphatic heterocycles. The minimum Gasteiger partial charge on any atom is -0.481 e. The van der Waals surface area contributed by atoms with Crippen LogP contribution in [0.1, 0.15) is 25.7 Å². The van der Waals surface area contributed by atoms with Gasteiger partial charge in [-0.15, -0.1) is 0 Å². The van der Waals surface area contributed by atoms with Crippen LogP contribution in [0, 0.1) is 0 Å². The highest BCUT2D eigenvalue weighted by atomic mass is 79.9. The Labute approximate surface area is 73.9 Å². The van der Waals surface area contributed by atoms with Crippen molar-refractivity contribution in [2.45, 2.75) is 31.9 Å². The van der Waals surface area contributed by atoms with Crippen LogP contribution < -0.4 is 0 Å². The Morgan fingerprint density at radius 3 is 2.64 bits per heavy atom. The first-order chi connectivity index (χ1) is 5.16. The molecule has 0 aromatic heterocycles. The van der Waals surface area contributed by atoms with Crippen LogP contribution in [-0.4, -0.2) is 22.6 Å². The smallest absolute Gasteiger partial charge is 0.303 e. The van der Waals surface area contributed by atoms with Crippen molar-refractivity contribution < 1.29 is 14.3 Å². The molecule has 0 spiro atoms. The molecule has 2 nitrogen and oxygen atoms in total. The van der Waals surface area contributed by atoms with Crippen molar-refractivity contribution in [3.63, 3.8) is 0 Å². The summed E-state index contributed by atoms with van der Waals surface area (Å²) in [6.45, 7) is 0. The van der Waals surface area contributed by atoms with Crippen molar-refractivity contribution in [1.82, 2.24) is 0 Å². The first-order valence-corrected chi connectivity index (χ1v) is 4.70. The molecule has 11 heavy (non-hydrogen) atoms. The molecule has 1 atom stereocenters. The maximum Gasteiger partial charge on any atom is 0.303 e. The first kappa shape index (κ1) is 10.9. The van der Waals surface area contributed by atoms with E-state index in [-0.39, 0.29) is 6.42 Å². The van der Waals surface area contributed by atoms with Crippen molar-refractivity contribution in [3.8, 4) is 0 Å². The van der Waals surface area contributed by atoms with Gasteiger partial charge in [0.15, 0.2) is 0 Å². The van der Waals surface area contributed by atoms with Gasteiger partial charge < -0.3 is 5.11 Å². The summed E-state index contributed by atoms with van der Waals surface area (Å²) in [6, 6.07) is 0. The van der Waals surface area contributed by atoms with E-state index in [9.17, 15) is 9.18 Å². The minimum absolute atomic E-state index is 0.148. The van der Waals surface area contributed by atoms with E-state index in [0.717, 1.165) is 0 Å². The van der Waals surface area contributed by atoms with Crippen LogP contribution in [0.3, 0.4) is 0 Å². The summed E-state index contributed by atoms with van der Waals surface area (Å²) in [5, 5.41) is 8.58. The van der Waals surface area contributed by atoms with Crippen LogP contribution in [0.15, 0.2) is 0 Å². The van der Waals surface area contributed by atoms with Gasteiger partial charge in [0.05, 0.1) is 0 Å². The predicted octanol–water partition coefficient (Wildman–Crippen LogP) is 2.36. The van der Waals surface area contributed by atoms with Crippen molar-refractivity contribution in [2.75, 3.05) is 5.33 Å². The van der Waals surface area contributed by atoms with Crippen LogP contribution >= 0.6 is 15.9 Å². The summed E-state index contributed by atoms with van der Waals surface area (Å²) in [7, 11) is 0. The largest absolute Gasteiger partial charge is 0.481 e. The highest BCUT2D eigenvalue weighted by Gasteiger charge is 2.03. The molecule has 0 aliphatic rings. The third-order valence-corrected chi connectivity index (χ3v) is 2.03. The van der Waals surface area contributed by atoms with Crippen LogP contribution in [0.4, 0.5) is 4.39 Å². The van der Waals surface area contributed by atoms with Gasteiger partial charge in [-0.3, -0.25) is 4.79 Å². The monoisotopic (exact) mass is 226 g/mol. The number of hydrogen-bond acceptors (Lipinski definition) is 1. The van der Waals surface area contributed by atoms with Gasteiger partial charge in [0.1, 0.15) is 6.17 Å². The fourth-order valence-corrected chi connectivity index (χ4v) is 1.04. The Bertz CT molecular complexity index is 119. The molecule has 0 aliphatic carbocycles. The molecule has 66 valence electrons. The second-order valence-electron chi connectivity index (χ2n) is 2.39. The molecule has 0 radical (unpaired) electrons. The van der Waals surface area contributed by atoms with Crippen molar-refractivity contribution in [1.29, 1.82) is 0 Å². The van der Waals surface area contributed by atoms with Gasteiger partial charge >= 0.3 is 5.97 Å². The van der Waals surface area contributed by atoms with E-state index in [0.29, 0.717) is 24.6 Å². The van der Waals surface area contributed by atoms with Crippen molar-refractivity contribution in [3.05, 3.63) is 0 Å². The Morgan fingerprint density at radius 2 is 2.18 bits per heavy atom. The van der Waals surface area contributed by atoms with E-state index >= 15 is 0 Å². The van der Waals surface area contributed by atoms with Gasteiger partial charge in [-0.1, -0.05) is 15.9 Å². The maximum absolute atomic E-state index is 12.5. The zero-order valence-corrected chi connectivity index (χ0v) is 7.81. The van der Waals surface area contributed by atoms with Gasteiger partial charge in [0.2, 0.25) is 0 Å². The third-order valence-electron chi connectivity index (χ3n) is 1.33. The molecule has 4 heteroatoms. The van der Waals surface area contributed by atoms with Crippen LogP contribution in [0.5, 0.6) is 0 Å². The molecule has 0 bridgehead atoms. The molecule has 0 aromatic rings. The number of unbranched alkanes of at least 4 members (excludes halogenated alkanes) is 1. The highest BCUT2D eigenvalue weighted by Crippen LogP contribution is 2.08. The zero-order chi connectivity index (χ0) is 8.69. The third kappa shape index (κ3) is 7.78. The number of halogens is 2. The van der Waals surface area contributed by atoms with E-state index < -0.39 is 12.1 Å². The highest BCUT2D eigenvalue weighted by molar-refractivity contribution is 9.09. The van der Waals surface area contributed by atoms with Gasteiger partial charge in [0.25, 0.3) is 0 Å². The summed E-state index contributed by atoms with van der Waals surface area (Å²) in [6.07, 6.45) is 0.999. The lowest BCUT2D eigenvalue weighted by Crippen LogP contribution is -2.01. The number of carboxylic acid groups (broad SMARTS) is 1. The van der Waals surface area contributed by atoms with Gasteiger partial charge in [0, 0.05) is 11.8 Å². The number of hydrogen-bond donors (Lipinski definition) is 1. The first-order valence-electron chi connectivity index (χ1n) is 3.58. The van der Waals surface area contributed by atoms with E-state index in [1.807, 2.05) is 0 Å². The van der Waals surface area contributed by atoms with Crippen LogP contribution in [-0.2, 0) is 4.79 Å². The normalized spacial score (nSPS) is 12.9. The van der Waals surface area contributed by atoms with Crippen LogP contribution in [0.25, 0.3) is 0 Å². The zero-order valence-electron chi connectivity index (χ0n) is 6.22.